The summed E-state index contributed by atoms with van der Waals surface area (Å²) < 4.78 is 5.72. The highest BCUT2D eigenvalue weighted by Crippen LogP contribution is 2.36. The lowest BCUT2D eigenvalue weighted by molar-refractivity contribution is -0.147. The molecule has 0 atom stereocenters. The highest BCUT2D eigenvalue weighted by Gasteiger charge is 2.33. The number of fused-ring (bicyclic) bond motifs is 3. The summed E-state index contributed by atoms with van der Waals surface area (Å²) in [5.74, 6) is -0.511. The van der Waals surface area contributed by atoms with Gasteiger partial charge in [-0.1, -0.05) is 84.0 Å². The monoisotopic (exact) mass is 507 g/mol. The second kappa shape index (κ2) is 10.3. The van der Waals surface area contributed by atoms with E-state index in [1.807, 2.05) is 42.5 Å². The van der Waals surface area contributed by atoms with Gasteiger partial charge in [-0.25, -0.2) is 0 Å². The van der Waals surface area contributed by atoms with Crippen LogP contribution in [0, 0.1) is 5.92 Å². The minimum atomic E-state index is -0.722. The first kappa shape index (κ1) is 24.1. The molecule has 2 heterocycles. The Balaban J connectivity index is 1.16. The first-order valence-electron chi connectivity index (χ1n) is 13.0. The quantitative estimate of drug-likeness (QED) is 0.364. The van der Waals surface area contributed by atoms with E-state index in [-0.39, 0.29) is 17.7 Å². The summed E-state index contributed by atoms with van der Waals surface area (Å²) >= 11 is 0. The Bertz CT molecular complexity index is 1420. The van der Waals surface area contributed by atoms with Crippen LogP contribution in [0.4, 0.5) is 0 Å². The van der Waals surface area contributed by atoms with Crippen LogP contribution < -0.4 is 5.32 Å². The van der Waals surface area contributed by atoms with E-state index < -0.39 is 5.97 Å². The molecule has 7 heteroatoms. The maximum absolute atomic E-state index is 13.3. The Morgan fingerprint density at radius 3 is 2.32 bits per heavy atom. The minimum Gasteiger partial charge on any atom is -0.481 e. The van der Waals surface area contributed by atoms with Gasteiger partial charge in [0, 0.05) is 43.2 Å². The number of benzene rings is 3. The van der Waals surface area contributed by atoms with Gasteiger partial charge >= 0.3 is 5.97 Å². The number of nitrogens with one attached hydrogen (secondary N) is 1. The molecule has 4 aromatic rings. The van der Waals surface area contributed by atoms with Gasteiger partial charge in [0.1, 0.15) is 0 Å². The number of aromatic nitrogens is 1. The second-order valence-electron chi connectivity index (χ2n) is 10.1. The lowest BCUT2D eigenvalue weighted by Crippen LogP contribution is -2.49. The molecule has 192 valence electrons. The fourth-order valence-corrected chi connectivity index (χ4v) is 5.56. The van der Waals surface area contributed by atoms with E-state index in [0.717, 1.165) is 40.8 Å². The molecule has 3 aromatic carbocycles. The van der Waals surface area contributed by atoms with Crippen molar-refractivity contribution in [2.24, 2.45) is 5.92 Å². The summed E-state index contributed by atoms with van der Waals surface area (Å²) in [6.45, 7) is 2.37. The van der Waals surface area contributed by atoms with Crippen molar-refractivity contribution in [3.8, 4) is 11.3 Å². The molecule has 1 saturated heterocycles. The molecule has 0 saturated carbocycles. The molecule has 0 bridgehead atoms. The van der Waals surface area contributed by atoms with Crippen LogP contribution in [-0.2, 0) is 24.2 Å². The molecular formula is C31H29N3O4. The summed E-state index contributed by atoms with van der Waals surface area (Å²) in [7, 11) is 0. The fraction of sp³-hybridized carbons (Fsp3) is 0.258. The second-order valence-corrected chi connectivity index (χ2v) is 10.1. The highest BCUT2D eigenvalue weighted by atomic mass is 16.5. The zero-order valence-corrected chi connectivity index (χ0v) is 21.0. The van der Waals surface area contributed by atoms with Gasteiger partial charge in [0.05, 0.1) is 5.92 Å². The zero-order valence-electron chi connectivity index (χ0n) is 21.0. The van der Waals surface area contributed by atoms with Gasteiger partial charge in [0.15, 0.2) is 11.5 Å². The molecular weight excluding hydrogens is 478 g/mol. The number of carbonyl (C=O) groups excluding carboxylic acids is 1. The van der Waals surface area contributed by atoms with Gasteiger partial charge in [-0.2, -0.15) is 0 Å². The zero-order chi connectivity index (χ0) is 26.1. The van der Waals surface area contributed by atoms with Crippen molar-refractivity contribution >= 4 is 11.9 Å². The topological polar surface area (TPSA) is 95.7 Å². The summed E-state index contributed by atoms with van der Waals surface area (Å²) in [4.78, 5) is 26.5. The molecule has 1 aromatic heterocycles. The van der Waals surface area contributed by atoms with Crippen LogP contribution in [0.1, 0.15) is 44.2 Å². The largest absolute Gasteiger partial charge is 0.481 e. The van der Waals surface area contributed by atoms with E-state index in [1.165, 1.54) is 5.56 Å². The van der Waals surface area contributed by atoms with Crippen LogP contribution in [0.25, 0.3) is 11.3 Å². The van der Waals surface area contributed by atoms with Gasteiger partial charge < -0.3 is 14.9 Å². The highest BCUT2D eigenvalue weighted by molar-refractivity contribution is 5.95. The van der Waals surface area contributed by atoms with Crippen LogP contribution in [0.5, 0.6) is 0 Å². The first-order valence-corrected chi connectivity index (χ1v) is 13.0. The average Bonchev–Trinajstić information content (AvgIpc) is 3.36. The van der Waals surface area contributed by atoms with E-state index in [4.69, 9.17) is 9.63 Å². The number of carbonyl (C=O) groups is 2. The molecule has 0 radical (unpaired) electrons. The van der Waals surface area contributed by atoms with Crippen molar-refractivity contribution in [2.45, 2.75) is 25.3 Å². The molecule has 1 aliphatic carbocycles. The first-order chi connectivity index (χ1) is 18.6. The number of hydrogen-bond donors (Lipinski definition) is 2. The molecule has 1 fully saturated rings. The Kier molecular flexibility index (Phi) is 6.52. The molecule has 2 N–H and O–H groups in total. The molecule has 6 rings (SSSR count). The number of rotatable bonds is 8. The van der Waals surface area contributed by atoms with Crippen LogP contribution in [-0.4, -0.2) is 46.7 Å². The molecule has 1 amide bonds. The van der Waals surface area contributed by atoms with E-state index in [0.29, 0.717) is 37.5 Å². The number of carboxylic acid groups (broad SMARTS) is 1. The molecule has 7 nitrogen and oxygen atoms in total. The lowest BCUT2D eigenvalue weighted by atomic mass is 9.88. The third kappa shape index (κ3) is 4.73. The average molecular weight is 508 g/mol. The number of nitrogens with zero attached hydrogens (tertiary/aromatic N) is 2. The Hall–Kier alpha value is -4.23. The summed E-state index contributed by atoms with van der Waals surface area (Å²) in [6.07, 6.45) is 1.48. The number of amides is 1. The van der Waals surface area contributed by atoms with E-state index in [9.17, 15) is 9.59 Å². The number of aliphatic carboxylic acids is 1. The number of likely N-dealkylation sites (tertiary alicyclic amines) is 1. The molecule has 0 spiro atoms. The maximum atomic E-state index is 13.3. The van der Waals surface area contributed by atoms with Crippen LogP contribution in [0.2, 0.25) is 0 Å². The van der Waals surface area contributed by atoms with E-state index in [2.05, 4.69) is 51.8 Å². The standard InChI is InChI=1S/C31H29N3O4/c35-30(32-16-27(21-7-3-1-4-8-21)22-9-5-2-6-10-22)28-26-14-12-23-15-20(11-13-25(23)29(26)38-33-28)17-34-18-24(19-34)31(36)37/h1-11,13,15,24,27H,12,14,16-19H2,(H,32,35)(H,36,37). The summed E-state index contributed by atoms with van der Waals surface area (Å²) in [5, 5.41) is 16.4. The fourth-order valence-electron chi connectivity index (χ4n) is 5.56. The van der Waals surface area contributed by atoms with Gasteiger partial charge in [-0.15, -0.1) is 0 Å². The van der Waals surface area contributed by atoms with Gasteiger partial charge in [0.25, 0.3) is 5.91 Å². The number of aryl methyl sites for hydroxylation is 1. The van der Waals surface area contributed by atoms with E-state index >= 15 is 0 Å². The van der Waals surface area contributed by atoms with Crippen LogP contribution in [0.3, 0.4) is 0 Å². The smallest absolute Gasteiger partial charge is 0.309 e. The molecule has 2 aliphatic rings. The lowest BCUT2D eigenvalue weighted by Gasteiger charge is -2.36. The van der Waals surface area contributed by atoms with Crippen molar-refractivity contribution in [3.05, 3.63) is 112 Å². The van der Waals surface area contributed by atoms with Crippen molar-refractivity contribution in [1.29, 1.82) is 0 Å². The molecule has 0 unspecified atom stereocenters. The van der Waals surface area contributed by atoms with Gasteiger partial charge in [-0.3, -0.25) is 14.5 Å². The van der Waals surface area contributed by atoms with Crippen LogP contribution in [0.15, 0.2) is 83.4 Å². The third-order valence-electron chi connectivity index (χ3n) is 7.65. The number of carboxylic acids is 1. The van der Waals surface area contributed by atoms with Crippen molar-refractivity contribution in [3.63, 3.8) is 0 Å². The summed E-state index contributed by atoms with van der Waals surface area (Å²) in [5.41, 5.74) is 6.79. The normalized spacial score (nSPS) is 15.0. The number of hydrogen-bond acceptors (Lipinski definition) is 5. The maximum Gasteiger partial charge on any atom is 0.309 e. The van der Waals surface area contributed by atoms with E-state index in [1.54, 1.807) is 0 Å². The summed E-state index contributed by atoms with van der Waals surface area (Å²) in [6, 6.07) is 26.6. The Morgan fingerprint density at radius 2 is 1.66 bits per heavy atom. The van der Waals surface area contributed by atoms with Gasteiger partial charge in [0.2, 0.25) is 0 Å². The SMILES string of the molecule is O=C(NCC(c1ccccc1)c1ccccc1)c1noc2c1CCc1cc(CN3CC(C(=O)O)C3)ccc1-2. The van der Waals surface area contributed by atoms with Crippen molar-refractivity contribution in [1.82, 2.24) is 15.4 Å². The molecule has 38 heavy (non-hydrogen) atoms. The Labute approximate surface area is 221 Å². The predicted octanol–water partition coefficient (Wildman–Crippen LogP) is 4.52. The van der Waals surface area contributed by atoms with Crippen molar-refractivity contribution in [2.75, 3.05) is 19.6 Å². The Morgan fingerprint density at radius 1 is 0.974 bits per heavy atom. The van der Waals surface area contributed by atoms with Crippen LogP contribution >= 0.6 is 0 Å². The molecule has 1 aliphatic heterocycles. The third-order valence-corrected chi connectivity index (χ3v) is 7.65. The van der Waals surface area contributed by atoms with Crippen molar-refractivity contribution < 1.29 is 19.2 Å². The van der Waals surface area contributed by atoms with Gasteiger partial charge in [-0.05, 0) is 35.1 Å². The predicted molar refractivity (Wildman–Crippen MR) is 143 cm³/mol. The minimum absolute atomic E-state index is 0.0282.